The van der Waals surface area contributed by atoms with Crippen molar-refractivity contribution in [1.82, 2.24) is 15.1 Å². The molecule has 0 saturated heterocycles. The summed E-state index contributed by atoms with van der Waals surface area (Å²) in [6, 6.07) is 0.528. The van der Waals surface area contributed by atoms with E-state index in [0.717, 1.165) is 18.9 Å². The average Bonchev–Trinajstić information content (AvgIpc) is 2.90. The van der Waals surface area contributed by atoms with Crippen LogP contribution in [0, 0.1) is 5.92 Å². The van der Waals surface area contributed by atoms with Crippen LogP contribution in [0.15, 0.2) is 12.4 Å². The molecule has 78 valence electrons. The molecule has 0 bridgehead atoms. The van der Waals surface area contributed by atoms with Gasteiger partial charge in [-0.15, -0.1) is 0 Å². The third-order valence-corrected chi connectivity index (χ3v) is 2.87. The predicted molar refractivity (Wildman–Crippen MR) is 57.0 cm³/mol. The molecule has 2 rings (SSSR count). The standard InChI is InChI=1S/C11H19N3/c1-3-6-14-8-10(7-13-14)11(12-2)9-4-5-9/h7-9,11-12H,3-6H2,1-2H3. The summed E-state index contributed by atoms with van der Waals surface area (Å²) in [6.45, 7) is 3.21. The largest absolute Gasteiger partial charge is 0.313 e. The highest BCUT2D eigenvalue weighted by Gasteiger charge is 2.31. The van der Waals surface area contributed by atoms with Gasteiger partial charge in [-0.25, -0.2) is 0 Å². The quantitative estimate of drug-likeness (QED) is 0.774. The fourth-order valence-electron chi connectivity index (χ4n) is 2.00. The van der Waals surface area contributed by atoms with Gasteiger partial charge in [-0.3, -0.25) is 4.68 Å². The topological polar surface area (TPSA) is 29.9 Å². The van der Waals surface area contributed by atoms with Gasteiger partial charge >= 0.3 is 0 Å². The fourth-order valence-corrected chi connectivity index (χ4v) is 2.00. The molecule has 14 heavy (non-hydrogen) atoms. The first-order valence-electron chi connectivity index (χ1n) is 5.54. The van der Waals surface area contributed by atoms with Crippen LogP contribution in [0.5, 0.6) is 0 Å². The van der Waals surface area contributed by atoms with Gasteiger partial charge < -0.3 is 5.32 Å². The van der Waals surface area contributed by atoms with Crippen LogP contribution >= 0.6 is 0 Å². The molecule has 1 heterocycles. The third-order valence-electron chi connectivity index (χ3n) is 2.87. The van der Waals surface area contributed by atoms with Gasteiger partial charge in [-0.1, -0.05) is 6.92 Å². The minimum Gasteiger partial charge on any atom is -0.313 e. The molecule has 1 aliphatic rings. The molecule has 0 spiro atoms. The Bertz CT molecular complexity index is 288. The van der Waals surface area contributed by atoms with E-state index in [-0.39, 0.29) is 0 Å². The molecule has 1 saturated carbocycles. The van der Waals surface area contributed by atoms with Crippen LogP contribution in [0.2, 0.25) is 0 Å². The van der Waals surface area contributed by atoms with Gasteiger partial charge in [0, 0.05) is 24.3 Å². The van der Waals surface area contributed by atoms with Crippen molar-refractivity contribution in [1.29, 1.82) is 0 Å². The fraction of sp³-hybridized carbons (Fsp3) is 0.727. The molecular weight excluding hydrogens is 174 g/mol. The lowest BCUT2D eigenvalue weighted by atomic mass is 10.1. The second-order valence-electron chi connectivity index (χ2n) is 4.14. The van der Waals surface area contributed by atoms with Gasteiger partial charge in [0.05, 0.1) is 6.20 Å². The highest BCUT2D eigenvalue weighted by atomic mass is 15.3. The Morgan fingerprint density at radius 2 is 2.43 bits per heavy atom. The summed E-state index contributed by atoms with van der Waals surface area (Å²) < 4.78 is 2.04. The van der Waals surface area contributed by atoms with Crippen molar-refractivity contribution in [2.75, 3.05) is 7.05 Å². The summed E-state index contributed by atoms with van der Waals surface area (Å²) in [7, 11) is 2.04. The maximum absolute atomic E-state index is 4.36. The lowest BCUT2D eigenvalue weighted by Crippen LogP contribution is -2.17. The summed E-state index contributed by atoms with van der Waals surface area (Å²) in [4.78, 5) is 0. The van der Waals surface area contributed by atoms with Crippen molar-refractivity contribution in [2.45, 2.75) is 38.8 Å². The van der Waals surface area contributed by atoms with Crippen LogP contribution in [-0.2, 0) is 6.54 Å². The second kappa shape index (κ2) is 4.13. The normalized spacial score (nSPS) is 18.4. The van der Waals surface area contributed by atoms with E-state index in [2.05, 4.69) is 23.5 Å². The Labute approximate surface area is 85.5 Å². The van der Waals surface area contributed by atoms with E-state index in [4.69, 9.17) is 0 Å². The Balaban J connectivity index is 2.05. The maximum atomic E-state index is 4.36. The number of nitrogens with zero attached hydrogens (tertiary/aromatic N) is 2. The smallest absolute Gasteiger partial charge is 0.0537 e. The van der Waals surface area contributed by atoms with Crippen molar-refractivity contribution in [3.05, 3.63) is 18.0 Å². The van der Waals surface area contributed by atoms with Crippen molar-refractivity contribution in [3.63, 3.8) is 0 Å². The average molecular weight is 193 g/mol. The minimum atomic E-state index is 0.528. The van der Waals surface area contributed by atoms with E-state index in [1.54, 1.807) is 0 Å². The Hall–Kier alpha value is -0.830. The molecule has 1 N–H and O–H groups in total. The van der Waals surface area contributed by atoms with Gasteiger partial charge in [0.15, 0.2) is 0 Å². The minimum absolute atomic E-state index is 0.528. The Kier molecular flexibility index (Phi) is 2.87. The summed E-state index contributed by atoms with van der Waals surface area (Å²) in [5.74, 6) is 0.847. The van der Waals surface area contributed by atoms with Crippen LogP contribution in [0.3, 0.4) is 0 Å². The molecule has 3 heteroatoms. The van der Waals surface area contributed by atoms with Crippen LogP contribution in [0.4, 0.5) is 0 Å². The van der Waals surface area contributed by atoms with Gasteiger partial charge in [-0.2, -0.15) is 5.10 Å². The molecular formula is C11H19N3. The molecule has 0 radical (unpaired) electrons. The van der Waals surface area contributed by atoms with Gasteiger partial charge in [0.2, 0.25) is 0 Å². The van der Waals surface area contributed by atoms with Crippen LogP contribution in [0.25, 0.3) is 0 Å². The van der Waals surface area contributed by atoms with Crippen molar-refractivity contribution < 1.29 is 0 Å². The zero-order valence-corrected chi connectivity index (χ0v) is 9.03. The number of hydrogen-bond acceptors (Lipinski definition) is 2. The van der Waals surface area contributed by atoms with Gasteiger partial charge in [0.1, 0.15) is 0 Å². The van der Waals surface area contributed by atoms with Crippen molar-refractivity contribution in [3.8, 4) is 0 Å². The SMILES string of the molecule is CCCn1cc(C(NC)C2CC2)cn1. The highest BCUT2D eigenvalue weighted by Crippen LogP contribution is 2.40. The van der Waals surface area contributed by atoms with Crippen LogP contribution in [-0.4, -0.2) is 16.8 Å². The lowest BCUT2D eigenvalue weighted by Gasteiger charge is -2.12. The number of aromatic nitrogens is 2. The van der Waals surface area contributed by atoms with E-state index in [0.29, 0.717) is 6.04 Å². The highest BCUT2D eigenvalue weighted by molar-refractivity contribution is 5.13. The molecule has 3 nitrogen and oxygen atoms in total. The second-order valence-corrected chi connectivity index (χ2v) is 4.14. The van der Waals surface area contributed by atoms with Crippen LogP contribution in [0.1, 0.15) is 37.8 Å². The Morgan fingerprint density at radius 1 is 1.64 bits per heavy atom. The number of nitrogens with one attached hydrogen (secondary N) is 1. The first-order valence-corrected chi connectivity index (χ1v) is 5.54. The van der Waals surface area contributed by atoms with Gasteiger partial charge in [-0.05, 0) is 32.2 Å². The molecule has 1 aromatic heterocycles. The summed E-state index contributed by atoms with van der Waals surface area (Å²) >= 11 is 0. The number of aryl methyl sites for hydroxylation is 1. The van der Waals surface area contributed by atoms with Gasteiger partial charge in [0.25, 0.3) is 0 Å². The van der Waals surface area contributed by atoms with Crippen molar-refractivity contribution >= 4 is 0 Å². The van der Waals surface area contributed by atoms with Crippen LogP contribution < -0.4 is 5.32 Å². The third kappa shape index (κ3) is 1.98. The molecule has 1 aromatic rings. The van der Waals surface area contributed by atoms with Crippen molar-refractivity contribution in [2.24, 2.45) is 5.92 Å². The van der Waals surface area contributed by atoms with E-state index < -0.39 is 0 Å². The molecule has 0 amide bonds. The van der Waals surface area contributed by atoms with E-state index in [9.17, 15) is 0 Å². The molecule has 0 aromatic carbocycles. The number of rotatable bonds is 5. The zero-order chi connectivity index (χ0) is 9.97. The first-order chi connectivity index (χ1) is 6.85. The molecule has 1 unspecified atom stereocenters. The molecule has 1 aliphatic carbocycles. The van der Waals surface area contributed by atoms with E-state index in [1.807, 2.05) is 17.9 Å². The Morgan fingerprint density at radius 3 is 3.00 bits per heavy atom. The number of hydrogen-bond donors (Lipinski definition) is 1. The summed E-state index contributed by atoms with van der Waals surface area (Å²) in [6.07, 6.45) is 8.07. The zero-order valence-electron chi connectivity index (χ0n) is 9.03. The first kappa shape index (κ1) is 9.71. The molecule has 1 fully saturated rings. The monoisotopic (exact) mass is 193 g/mol. The van der Waals surface area contributed by atoms with E-state index >= 15 is 0 Å². The summed E-state index contributed by atoms with van der Waals surface area (Å²) in [5, 5.41) is 7.74. The summed E-state index contributed by atoms with van der Waals surface area (Å²) in [5.41, 5.74) is 1.35. The maximum Gasteiger partial charge on any atom is 0.0537 e. The molecule has 0 aliphatic heterocycles. The predicted octanol–water partition coefficient (Wildman–Crippen LogP) is 1.96. The molecule has 1 atom stereocenters. The lowest BCUT2D eigenvalue weighted by molar-refractivity contribution is 0.526. The van der Waals surface area contributed by atoms with E-state index in [1.165, 1.54) is 18.4 Å².